The molecule has 0 unspecified atom stereocenters. The van der Waals surface area contributed by atoms with Crippen molar-refractivity contribution in [2.24, 2.45) is 0 Å². The molecule has 1 N–H and O–H groups in total. The van der Waals surface area contributed by atoms with Crippen molar-refractivity contribution >= 4 is 38.5 Å². The summed E-state index contributed by atoms with van der Waals surface area (Å²) in [5.41, 5.74) is 1.25. The van der Waals surface area contributed by atoms with E-state index in [-0.39, 0.29) is 0 Å². The van der Waals surface area contributed by atoms with Crippen LogP contribution in [0.1, 0.15) is 24.8 Å². The molecule has 0 heterocycles. The third-order valence-electron chi connectivity index (χ3n) is 2.56. The van der Waals surface area contributed by atoms with Crippen molar-refractivity contribution in [2.75, 3.05) is 18.1 Å². The third kappa shape index (κ3) is 6.06. The Balaban J connectivity index is 2.30. The molecular weight excluding hydrogens is 393 g/mol. The van der Waals surface area contributed by atoms with Crippen molar-refractivity contribution in [2.45, 2.75) is 25.8 Å². The molecule has 1 aromatic rings. The van der Waals surface area contributed by atoms with Crippen LogP contribution < -0.4 is 10.1 Å². The molecule has 0 amide bonds. The van der Waals surface area contributed by atoms with Crippen LogP contribution >= 0.6 is 38.5 Å². The number of methoxy groups -OCH3 is 1. The lowest BCUT2D eigenvalue weighted by molar-refractivity contribution is 0.414. The van der Waals surface area contributed by atoms with E-state index in [0.29, 0.717) is 0 Å². The van der Waals surface area contributed by atoms with Crippen LogP contribution in [0.15, 0.2) is 22.7 Å². The Kier molecular flexibility index (Phi) is 8.22. The van der Waals surface area contributed by atoms with E-state index >= 15 is 0 Å². The van der Waals surface area contributed by atoms with Gasteiger partial charge < -0.3 is 10.1 Å². The highest BCUT2D eigenvalue weighted by Gasteiger charge is 2.01. The number of hydrogen-bond acceptors (Lipinski definition) is 2. The van der Waals surface area contributed by atoms with E-state index in [2.05, 4.69) is 49.9 Å². The molecule has 4 heteroatoms. The highest BCUT2D eigenvalue weighted by Crippen LogP contribution is 2.22. The number of unbranched alkanes of at least 4 members (excludes halogenated alkanes) is 2. The van der Waals surface area contributed by atoms with Gasteiger partial charge in [-0.15, -0.1) is 0 Å². The summed E-state index contributed by atoms with van der Waals surface area (Å²) < 4.78 is 7.62. The average Bonchev–Trinajstić information content (AvgIpc) is 2.35. The lowest BCUT2D eigenvalue weighted by Gasteiger charge is -2.08. The quantitative estimate of drug-likeness (QED) is 0.394. The van der Waals surface area contributed by atoms with Crippen LogP contribution in [0.2, 0.25) is 0 Å². The average molecular weight is 412 g/mol. The van der Waals surface area contributed by atoms with Gasteiger partial charge in [-0.25, -0.2) is 0 Å². The molecule has 0 fully saturated rings. The van der Waals surface area contributed by atoms with Gasteiger partial charge in [0, 0.05) is 11.0 Å². The standard InChI is InChI=1S/C13H19BrINO/c1-17-12-5-6-13(14)11(9-12)10-16-8-4-2-3-7-15/h5-6,9,16H,2-4,7-8,10H2,1H3. The minimum atomic E-state index is 0.891. The predicted octanol–water partition coefficient (Wildman–Crippen LogP) is 4.15. The summed E-state index contributed by atoms with van der Waals surface area (Å²) in [5.74, 6) is 0.912. The Morgan fingerprint density at radius 2 is 2.12 bits per heavy atom. The van der Waals surface area contributed by atoms with Crippen molar-refractivity contribution in [3.63, 3.8) is 0 Å². The normalized spacial score (nSPS) is 10.5. The predicted molar refractivity (Wildman–Crippen MR) is 85.1 cm³/mol. The Bertz CT molecular complexity index is 333. The number of rotatable bonds is 8. The number of benzene rings is 1. The zero-order valence-electron chi connectivity index (χ0n) is 10.1. The highest BCUT2D eigenvalue weighted by atomic mass is 127. The molecule has 0 radical (unpaired) electrons. The molecule has 96 valence electrons. The van der Waals surface area contributed by atoms with Gasteiger partial charge in [-0.1, -0.05) is 44.9 Å². The van der Waals surface area contributed by atoms with E-state index in [1.54, 1.807) is 7.11 Å². The monoisotopic (exact) mass is 411 g/mol. The SMILES string of the molecule is COc1ccc(Br)c(CNCCCCCI)c1. The largest absolute Gasteiger partial charge is 0.497 e. The molecule has 1 aromatic carbocycles. The van der Waals surface area contributed by atoms with Gasteiger partial charge in [0.2, 0.25) is 0 Å². The second-order valence-corrected chi connectivity index (χ2v) is 5.82. The molecule has 0 aliphatic rings. The maximum Gasteiger partial charge on any atom is 0.119 e. The van der Waals surface area contributed by atoms with Gasteiger partial charge in [-0.05, 0) is 47.6 Å². The molecular formula is C13H19BrINO. The smallest absolute Gasteiger partial charge is 0.119 e. The zero-order chi connectivity index (χ0) is 12.5. The third-order valence-corrected chi connectivity index (χ3v) is 4.09. The first kappa shape index (κ1) is 15.2. The zero-order valence-corrected chi connectivity index (χ0v) is 13.9. The minimum Gasteiger partial charge on any atom is -0.497 e. The Labute approximate surface area is 126 Å². The van der Waals surface area contributed by atoms with E-state index in [1.807, 2.05) is 12.1 Å². The molecule has 0 aliphatic heterocycles. The molecule has 1 rings (SSSR count). The van der Waals surface area contributed by atoms with Crippen molar-refractivity contribution in [1.82, 2.24) is 5.32 Å². The van der Waals surface area contributed by atoms with Gasteiger partial charge >= 0.3 is 0 Å². The van der Waals surface area contributed by atoms with Crippen LogP contribution in [0, 0.1) is 0 Å². The summed E-state index contributed by atoms with van der Waals surface area (Å²) in [4.78, 5) is 0. The van der Waals surface area contributed by atoms with Gasteiger partial charge in [0.1, 0.15) is 5.75 Å². The second-order valence-electron chi connectivity index (χ2n) is 3.88. The van der Waals surface area contributed by atoms with E-state index in [0.717, 1.165) is 23.3 Å². The Hall–Kier alpha value is 0.190. The molecule has 0 bridgehead atoms. The molecule has 17 heavy (non-hydrogen) atoms. The van der Waals surface area contributed by atoms with Gasteiger partial charge in [0.05, 0.1) is 7.11 Å². The maximum atomic E-state index is 5.22. The fraction of sp³-hybridized carbons (Fsp3) is 0.538. The van der Waals surface area contributed by atoms with Gasteiger partial charge in [0.15, 0.2) is 0 Å². The van der Waals surface area contributed by atoms with Gasteiger partial charge in [0.25, 0.3) is 0 Å². The molecule has 0 saturated carbocycles. The first-order valence-corrected chi connectivity index (χ1v) is 8.19. The summed E-state index contributed by atoms with van der Waals surface area (Å²) in [7, 11) is 1.70. The van der Waals surface area contributed by atoms with E-state index < -0.39 is 0 Å². The van der Waals surface area contributed by atoms with Crippen LogP contribution in [0.4, 0.5) is 0 Å². The molecule has 0 spiro atoms. The first-order chi connectivity index (χ1) is 8.27. The van der Waals surface area contributed by atoms with Crippen molar-refractivity contribution in [3.05, 3.63) is 28.2 Å². The highest BCUT2D eigenvalue weighted by molar-refractivity contribution is 14.1. The Morgan fingerprint density at radius 3 is 2.82 bits per heavy atom. The van der Waals surface area contributed by atoms with E-state index in [9.17, 15) is 0 Å². The number of ether oxygens (including phenoxy) is 1. The summed E-state index contributed by atoms with van der Waals surface area (Å²) in [6, 6.07) is 6.07. The number of halogens is 2. The molecule has 0 atom stereocenters. The second kappa shape index (κ2) is 9.16. The molecule has 0 saturated heterocycles. The molecule has 0 aromatic heterocycles. The van der Waals surface area contributed by atoms with Crippen LogP contribution in [0.5, 0.6) is 5.75 Å². The van der Waals surface area contributed by atoms with Gasteiger partial charge in [-0.3, -0.25) is 0 Å². The number of nitrogens with one attached hydrogen (secondary N) is 1. The number of alkyl halides is 1. The maximum absolute atomic E-state index is 5.22. The summed E-state index contributed by atoms with van der Waals surface area (Å²) in [6.45, 7) is 1.97. The van der Waals surface area contributed by atoms with E-state index in [4.69, 9.17) is 4.74 Å². The summed E-state index contributed by atoms with van der Waals surface area (Å²) in [5, 5.41) is 3.46. The topological polar surface area (TPSA) is 21.3 Å². The Morgan fingerprint density at radius 1 is 1.29 bits per heavy atom. The fourth-order valence-corrected chi connectivity index (χ4v) is 2.48. The van der Waals surface area contributed by atoms with Crippen LogP contribution in [-0.4, -0.2) is 18.1 Å². The lowest BCUT2D eigenvalue weighted by atomic mass is 10.2. The number of hydrogen-bond donors (Lipinski definition) is 1. The summed E-state index contributed by atoms with van der Waals surface area (Å²) in [6.07, 6.45) is 3.89. The van der Waals surface area contributed by atoms with Crippen molar-refractivity contribution in [3.8, 4) is 5.75 Å². The molecule has 2 nitrogen and oxygen atoms in total. The van der Waals surface area contributed by atoms with Crippen LogP contribution in [0.25, 0.3) is 0 Å². The van der Waals surface area contributed by atoms with Crippen LogP contribution in [0.3, 0.4) is 0 Å². The van der Waals surface area contributed by atoms with Crippen LogP contribution in [-0.2, 0) is 6.54 Å². The first-order valence-electron chi connectivity index (χ1n) is 5.87. The fourth-order valence-electron chi connectivity index (χ4n) is 1.56. The minimum absolute atomic E-state index is 0.891. The van der Waals surface area contributed by atoms with Gasteiger partial charge in [-0.2, -0.15) is 0 Å². The molecule has 0 aliphatic carbocycles. The lowest BCUT2D eigenvalue weighted by Crippen LogP contribution is -2.15. The van der Waals surface area contributed by atoms with Crippen molar-refractivity contribution < 1.29 is 4.74 Å². The summed E-state index contributed by atoms with van der Waals surface area (Å²) >= 11 is 5.99. The van der Waals surface area contributed by atoms with E-state index in [1.165, 1.54) is 29.3 Å². The van der Waals surface area contributed by atoms with Crippen molar-refractivity contribution in [1.29, 1.82) is 0 Å².